The molecule has 0 radical (unpaired) electrons. The van der Waals surface area contributed by atoms with Gasteiger partial charge in [-0.3, -0.25) is 0 Å². The van der Waals surface area contributed by atoms with E-state index in [1.165, 1.54) is 25.7 Å². The Hall–Kier alpha value is -0.0400. The minimum atomic E-state index is 0.658. The molecule has 13 heavy (non-hydrogen) atoms. The van der Waals surface area contributed by atoms with E-state index in [0.29, 0.717) is 12.2 Å². The van der Waals surface area contributed by atoms with Gasteiger partial charge in [-0.2, -0.15) is 0 Å². The number of rotatable bonds is 4. The topological polar surface area (TPSA) is 12.5 Å². The first-order chi connectivity index (χ1) is 6.27. The van der Waals surface area contributed by atoms with Crippen LogP contribution in [0.2, 0.25) is 0 Å². The molecule has 2 rings (SSSR count). The van der Waals surface area contributed by atoms with Gasteiger partial charge < -0.3 is 4.74 Å². The second kappa shape index (κ2) is 3.61. The van der Waals surface area contributed by atoms with E-state index in [1.54, 1.807) is 0 Å². The molecule has 0 aromatic heterocycles. The molecule has 1 nitrogen and oxygen atoms in total. The molecule has 1 saturated carbocycles. The highest BCUT2D eigenvalue weighted by Gasteiger charge is 2.55. The lowest BCUT2D eigenvalue weighted by Crippen LogP contribution is -2.22. The Kier molecular flexibility index (Phi) is 2.64. The highest BCUT2D eigenvalue weighted by Crippen LogP contribution is 2.51. The van der Waals surface area contributed by atoms with Crippen LogP contribution in [0.15, 0.2) is 0 Å². The van der Waals surface area contributed by atoms with Gasteiger partial charge in [0.1, 0.15) is 0 Å². The highest BCUT2D eigenvalue weighted by atomic mass is 16.6. The average Bonchev–Trinajstić information content (AvgIpc) is 2.77. The number of ether oxygens (including phenoxy) is 1. The summed E-state index contributed by atoms with van der Waals surface area (Å²) in [5, 5.41) is 0. The largest absolute Gasteiger partial charge is 0.369 e. The molecule has 0 aromatic carbocycles. The minimum absolute atomic E-state index is 0.658. The van der Waals surface area contributed by atoms with E-state index < -0.39 is 0 Å². The van der Waals surface area contributed by atoms with Gasteiger partial charge in [-0.25, -0.2) is 0 Å². The van der Waals surface area contributed by atoms with Gasteiger partial charge in [0.25, 0.3) is 0 Å². The zero-order valence-electron chi connectivity index (χ0n) is 9.12. The van der Waals surface area contributed by atoms with Crippen molar-refractivity contribution in [2.75, 3.05) is 0 Å². The molecule has 1 heteroatoms. The van der Waals surface area contributed by atoms with Crippen LogP contribution in [-0.4, -0.2) is 12.2 Å². The van der Waals surface area contributed by atoms with Crippen LogP contribution in [0.1, 0.15) is 46.5 Å². The van der Waals surface area contributed by atoms with Crippen molar-refractivity contribution in [1.82, 2.24) is 0 Å². The summed E-state index contributed by atoms with van der Waals surface area (Å²) < 4.78 is 5.66. The molecule has 5 unspecified atom stereocenters. The van der Waals surface area contributed by atoms with Crippen molar-refractivity contribution in [1.29, 1.82) is 0 Å². The van der Waals surface area contributed by atoms with Crippen molar-refractivity contribution in [2.45, 2.75) is 58.7 Å². The van der Waals surface area contributed by atoms with E-state index >= 15 is 0 Å². The molecular weight excluding hydrogens is 160 g/mol. The van der Waals surface area contributed by atoms with E-state index in [1.807, 2.05) is 0 Å². The summed E-state index contributed by atoms with van der Waals surface area (Å²) in [5.41, 5.74) is 0. The van der Waals surface area contributed by atoms with Crippen molar-refractivity contribution in [3.63, 3.8) is 0 Å². The normalized spacial score (nSPS) is 44.5. The van der Waals surface area contributed by atoms with E-state index in [9.17, 15) is 0 Å². The molecule has 0 aromatic rings. The Morgan fingerprint density at radius 2 is 2.15 bits per heavy atom. The van der Waals surface area contributed by atoms with Crippen molar-refractivity contribution < 1.29 is 4.74 Å². The summed E-state index contributed by atoms with van der Waals surface area (Å²) in [7, 11) is 0. The molecule has 1 saturated heterocycles. The number of epoxide rings is 1. The fourth-order valence-corrected chi connectivity index (χ4v) is 3.30. The molecule has 0 amide bonds. The van der Waals surface area contributed by atoms with Gasteiger partial charge in [0.15, 0.2) is 0 Å². The van der Waals surface area contributed by atoms with Crippen LogP contribution >= 0.6 is 0 Å². The number of hydrogen-bond acceptors (Lipinski definition) is 1. The molecule has 0 spiro atoms. The van der Waals surface area contributed by atoms with E-state index in [2.05, 4.69) is 20.8 Å². The first-order valence-corrected chi connectivity index (χ1v) is 5.93. The Bertz CT molecular complexity index is 176. The van der Waals surface area contributed by atoms with Crippen LogP contribution in [0, 0.1) is 17.8 Å². The van der Waals surface area contributed by atoms with Crippen LogP contribution in [0.25, 0.3) is 0 Å². The van der Waals surface area contributed by atoms with E-state index in [0.717, 1.165) is 17.8 Å². The molecular formula is C12H22O. The maximum atomic E-state index is 5.66. The lowest BCUT2D eigenvalue weighted by molar-refractivity contribution is 0.147. The lowest BCUT2D eigenvalue weighted by atomic mass is 9.80. The zero-order valence-corrected chi connectivity index (χ0v) is 9.12. The summed E-state index contributed by atoms with van der Waals surface area (Å²) >= 11 is 0. The third kappa shape index (κ3) is 1.63. The Morgan fingerprint density at radius 3 is 2.62 bits per heavy atom. The van der Waals surface area contributed by atoms with Gasteiger partial charge in [0, 0.05) is 0 Å². The monoisotopic (exact) mass is 182 g/mol. The molecule has 2 aliphatic rings. The molecule has 1 heterocycles. The Balaban J connectivity index is 1.96. The molecule has 1 aliphatic heterocycles. The van der Waals surface area contributed by atoms with Gasteiger partial charge in [0.05, 0.1) is 12.2 Å². The molecule has 2 fully saturated rings. The Morgan fingerprint density at radius 1 is 1.38 bits per heavy atom. The first kappa shape index (κ1) is 9.51. The van der Waals surface area contributed by atoms with Crippen LogP contribution in [-0.2, 0) is 4.74 Å². The highest BCUT2D eigenvalue weighted by molar-refractivity contribution is 5.02. The summed E-state index contributed by atoms with van der Waals surface area (Å²) in [5.74, 6) is 2.73. The first-order valence-electron chi connectivity index (χ1n) is 5.93. The fourth-order valence-electron chi connectivity index (χ4n) is 3.30. The Labute approximate surface area is 81.9 Å². The number of fused-ring (bicyclic) bond motifs is 1. The van der Waals surface area contributed by atoms with Gasteiger partial charge in [-0.1, -0.05) is 40.0 Å². The summed E-state index contributed by atoms with van der Waals surface area (Å²) in [6.07, 6.45) is 6.72. The van der Waals surface area contributed by atoms with Crippen LogP contribution in [0.4, 0.5) is 0 Å². The molecule has 0 bridgehead atoms. The molecule has 76 valence electrons. The summed E-state index contributed by atoms with van der Waals surface area (Å²) in [4.78, 5) is 0. The SMILES string of the molecule is CCCC(CC)C1C(C)CC2OC21. The fraction of sp³-hybridized carbons (Fsp3) is 1.00. The second-order valence-corrected chi connectivity index (χ2v) is 4.89. The standard InChI is InChI=1S/C12H22O/c1-4-6-9(5-2)11-8(3)7-10-12(11)13-10/h8-12H,4-7H2,1-3H3. The summed E-state index contributed by atoms with van der Waals surface area (Å²) in [6.45, 7) is 7.05. The van der Waals surface area contributed by atoms with Gasteiger partial charge in [-0.05, 0) is 24.2 Å². The van der Waals surface area contributed by atoms with Crippen molar-refractivity contribution in [2.24, 2.45) is 17.8 Å². The number of hydrogen-bond donors (Lipinski definition) is 0. The van der Waals surface area contributed by atoms with Gasteiger partial charge in [0.2, 0.25) is 0 Å². The predicted molar refractivity (Wildman–Crippen MR) is 54.6 cm³/mol. The minimum Gasteiger partial charge on any atom is -0.369 e. The van der Waals surface area contributed by atoms with Gasteiger partial charge in [-0.15, -0.1) is 0 Å². The summed E-state index contributed by atoms with van der Waals surface area (Å²) in [6, 6.07) is 0. The smallest absolute Gasteiger partial charge is 0.0875 e. The van der Waals surface area contributed by atoms with E-state index in [-0.39, 0.29) is 0 Å². The zero-order chi connectivity index (χ0) is 9.42. The quantitative estimate of drug-likeness (QED) is 0.608. The third-order valence-electron chi connectivity index (χ3n) is 3.99. The predicted octanol–water partition coefficient (Wildman–Crippen LogP) is 3.24. The second-order valence-electron chi connectivity index (χ2n) is 4.89. The van der Waals surface area contributed by atoms with Crippen molar-refractivity contribution >= 4 is 0 Å². The molecule has 1 aliphatic carbocycles. The maximum Gasteiger partial charge on any atom is 0.0875 e. The van der Waals surface area contributed by atoms with E-state index in [4.69, 9.17) is 4.74 Å². The van der Waals surface area contributed by atoms with Crippen LogP contribution < -0.4 is 0 Å². The molecule has 5 atom stereocenters. The van der Waals surface area contributed by atoms with Crippen molar-refractivity contribution in [3.05, 3.63) is 0 Å². The van der Waals surface area contributed by atoms with Gasteiger partial charge >= 0.3 is 0 Å². The third-order valence-corrected chi connectivity index (χ3v) is 3.99. The van der Waals surface area contributed by atoms with Crippen molar-refractivity contribution in [3.8, 4) is 0 Å². The van der Waals surface area contributed by atoms with Crippen LogP contribution in [0.5, 0.6) is 0 Å². The lowest BCUT2D eigenvalue weighted by Gasteiger charge is -2.26. The average molecular weight is 182 g/mol. The van der Waals surface area contributed by atoms with Crippen LogP contribution in [0.3, 0.4) is 0 Å². The maximum absolute atomic E-state index is 5.66. The molecule has 0 N–H and O–H groups in total.